The molecule has 3 aromatic rings. The van der Waals surface area contributed by atoms with Gasteiger partial charge in [0.2, 0.25) is 0 Å². The lowest BCUT2D eigenvalue weighted by atomic mass is 9.97. The summed E-state index contributed by atoms with van der Waals surface area (Å²) in [6.45, 7) is 12.1. The van der Waals surface area contributed by atoms with Gasteiger partial charge in [-0.3, -0.25) is 14.5 Å². The van der Waals surface area contributed by atoms with Crippen LogP contribution in [0.15, 0.2) is 30.6 Å². The number of carbonyl (C=O) groups excluding carboxylic acids is 1. The zero-order chi connectivity index (χ0) is 28.8. The van der Waals surface area contributed by atoms with E-state index < -0.39 is 5.97 Å². The molecule has 0 spiro atoms. The molecule has 1 aliphatic rings. The molecule has 1 N–H and O–H groups in total. The van der Waals surface area contributed by atoms with Crippen molar-refractivity contribution in [3.05, 3.63) is 57.6 Å². The molecule has 4 rings (SSSR count). The molecule has 0 radical (unpaired) electrons. The third-order valence-electron chi connectivity index (χ3n) is 7.11. The van der Waals surface area contributed by atoms with Crippen LogP contribution in [0.5, 0.6) is 0 Å². The minimum absolute atomic E-state index is 0.105. The van der Waals surface area contributed by atoms with Gasteiger partial charge in [0.05, 0.1) is 30.4 Å². The molecule has 3 heterocycles. The largest absolute Gasteiger partial charge is 0.481 e. The van der Waals surface area contributed by atoms with Crippen LogP contribution in [-0.2, 0) is 17.8 Å². The first-order valence-electron chi connectivity index (χ1n) is 13.9. The molecule has 1 aliphatic heterocycles. The van der Waals surface area contributed by atoms with E-state index in [4.69, 9.17) is 4.98 Å². The molecule has 214 valence electrons. The molecule has 1 fully saturated rings. The van der Waals surface area contributed by atoms with Gasteiger partial charge in [-0.1, -0.05) is 20.8 Å². The number of aliphatic carboxylic acids is 1. The molecule has 1 saturated heterocycles. The number of carboxylic acid groups (broad SMARTS) is 1. The van der Waals surface area contributed by atoms with Crippen LogP contribution in [0.3, 0.4) is 0 Å². The van der Waals surface area contributed by atoms with Crippen molar-refractivity contribution in [2.75, 3.05) is 31.1 Å². The van der Waals surface area contributed by atoms with E-state index in [1.807, 2.05) is 11.0 Å². The Kier molecular flexibility index (Phi) is 9.97. The molecule has 1 aromatic carbocycles. The standard InChI is InChI=1S/C30H38FN5O3S/c1-5-10-35(17-19(2)3)18-26-29(22-6-7-23(31)20(4)13-22)34-28(40-26)14-25(37)24-15-33-27(16-32-24)36-11-8-21(9-12-36)30(38)39/h6-7,13,15-16,19,21H,5,8-12,14,17-18H2,1-4H3,(H,38,39). The zero-order valence-electron chi connectivity index (χ0n) is 23.7. The van der Waals surface area contributed by atoms with Crippen LogP contribution in [-0.4, -0.2) is 62.9 Å². The van der Waals surface area contributed by atoms with Crippen LogP contribution >= 0.6 is 11.3 Å². The van der Waals surface area contributed by atoms with Crippen molar-refractivity contribution in [3.8, 4) is 11.3 Å². The number of aryl methyl sites for hydroxylation is 1. The summed E-state index contributed by atoms with van der Waals surface area (Å²) in [5.41, 5.74) is 2.48. The lowest BCUT2D eigenvalue weighted by Gasteiger charge is -2.30. The first kappa shape index (κ1) is 29.7. The van der Waals surface area contributed by atoms with E-state index in [2.05, 4.69) is 35.6 Å². The molecular weight excluding hydrogens is 529 g/mol. The maximum absolute atomic E-state index is 14.0. The average Bonchev–Trinajstić information content (AvgIpc) is 3.31. The van der Waals surface area contributed by atoms with Crippen LogP contribution in [0.4, 0.5) is 10.2 Å². The lowest BCUT2D eigenvalue weighted by Crippen LogP contribution is -2.36. The Morgan fingerprint density at radius 1 is 1.20 bits per heavy atom. The molecule has 0 bridgehead atoms. The van der Waals surface area contributed by atoms with Crippen molar-refractivity contribution in [3.63, 3.8) is 0 Å². The molecule has 10 heteroatoms. The highest BCUT2D eigenvalue weighted by molar-refractivity contribution is 7.12. The highest BCUT2D eigenvalue weighted by atomic mass is 32.1. The van der Waals surface area contributed by atoms with E-state index in [0.717, 1.165) is 42.2 Å². The van der Waals surface area contributed by atoms with Gasteiger partial charge in [0, 0.05) is 36.6 Å². The van der Waals surface area contributed by atoms with E-state index in [-0.39, 0.29) is 29.6 Å². The molecule has 8 nitrogen and oxygen atoms in total. The van der Waals surface area contributed by atoms with Crippen LogP contribution in [0.1, 0.15) is 66.0 Å². The van der Waals surface area contributed by atoms with Crippen molar-refractivity contribution < 1.29 is 19.1 Å². The van der Waals surface area contributed by atoms with Gasteiger partial charge in [-0.25, -0.2) is 19.3 Å². The third kappa shape index (κ3) is 7.48. The molecule has 0 unspecified atom stereocenters. The van der Waals surface area contributed by atoms with Crippen LogP contribution in [0.2, 0.25) is 0 Å². The Balaban J connectivity index is 1.52. The summed E-state index contributed by atoms with van der Waals surface area (Å²) in [7, 11) is 0. The molecule has 0 saturated carbocycles. The summed E-state index contributed by atoms with van der Waals surface area (Å²) >= 11 is 1.53. The number of anilines is 1. The average molecular weight is 568 g/mol. The maximum Gasteiger partial charge on any atom is 0.306 e. The molecule has 40 heavy (non-hydrogen) atoms. The van der Waals surface area contributed by atoms with Gasteiger partial charge in [0.15, 0.2) is 5.78 Å². The number of benzene rings is 1. The quantitative estimate of drug-likeness (QED) is 0.281. The fraction of sp³-hybridized carbons (Fsp3) is 0.500. The summed E-state index contributed by atoms with van der Waals surface area (Å²) in [6, 6.07) is 5.04. The third-order valence-corrected chi connectivity index (χ3v) is 8.15. The highest BCUT2D eigenvalue weighted by Gasteiger charge is 2.26. The topological polar surface area (TPSA) is 99.5 Å². The molecule has 2 aromatic heterocycles. The van der Waals surface area contributed by atoms with Crippen LogP contribution in [0, 0.1) is 24.6 Å². The second kappa shape index (κ2) is 13.4. The number of thiazole rings is 1. The SMILES string of the molecule is CCCN(Cc1sc(CC(=O)c2cnc(N3CCC(C(=O)O)CC3)cn2)nc1-c1ccc(F)c(C)c1)CC(C)C. The Morgan fingerprint density at radius 2 is 1.95 bits per heavy atom. The Hall–Kier alpha value is -3.24. The van der Waals surface area contributed by atoms with Gasteiger partial charge in [-0.05, 0) is 62.4 Å². The first-order valence-corrected chi connectivity index (χ1v) is 14.8. The predicted molar refractivity (Wildman–Crippen MR) is 155 cm³/mol. The van der Waals surface area contributed by atoms with Crippen molar-refractivity contribution in [1.82, 2.24) is 19.9 Å². The minimum Gasteiger partial charge on any atom is -0.481 e. The Bertz CT molecular complexity index is 1320. The van der Waals surface area contributed by atoms with Gasteiger partial charge in [0.1, 0.15) is 22.3 Å². The van der Waals surface area contributed by atoms with E-state index in [9.17, 15) is 19.1 Å². The number of carbonyl (C=O) groups is 2. The van der Waals surface area contributed by atoms with Gasteiger partial charge in [0.25, 0.3) is 0 Å². The number of carboxylic acids is 1. The molecule has 0 aliphatic carbocycles. The van der Waals surface area contributed by atoms with Crippen LogP contribution in [0.25, 0.3) is 11.3 Å². The second-order valence-corrected chi connectivity index (χ2v) is 12.1. The van der Waals surface area contributed by atoms with E-state index in [1.54, 1.807) is 19.2 Å². The summed E-state index contributed by atoms with van der Waals surface area (Å²) < 4.78 is 14.0. The van der Waals surface area contributed by atoms with Crippen molar-refractivity contribution >= 4 is 28.9 Å². The summed E-state index contributed by atoms with van der Waals surface area (Å²) in [5.74, 6) is -0.340. The van der Waals surface area contributed by atoms with E-state index in [0.29, 0.717) is 48.2 Å². The number of aromatic nitrogens is 3. The summed E-state index contributed by atoms with van der Waals surface area (Å²) in [4.78, 5) is 43.6. The number of nitrogens with zero attached hydrogens (tertiary/aromatic N) is 5. The fourth-order valence-corrected chi connectivity index (χ4v) is 6.22. The van der Waals surface area contributed by atoms with Crippen molar-refractivity contribution in [2.24, 2.45) is 11.8 Å². The maximum atomic E-state index is 14.0. The minimum atomic E-state index is -0.757. The highest BCUT2D eigenvalue weighted by Crippen LogP contribution is 2.32. The summed E-state index contributed by atoms with van der Waals surface area (Å²) in [5, 5.41) is 9.91. The van der Waals surface area contributed by atoms with Gasteiger partial charge < -0.3 is 10.0 Å². The predicted octanol–water partition coefficient (Wildman–Crippen LogP) is 5.64. The van der Waals surface area contributed by atoms with Gasteiger partial charge in [-0.2, -0.15) is 0 Å². The number of hydrogen-bond donors (Lipinski definition) is 1. The molecule has 0 amide bonds. The molecular formula is C30H38FN5O3S. The first-order chi connectivity index (χ1) is 19.1. The normalized spacial score (nSPS) is 14.3. The zero-order valence-corrected chi connectivity index (χ0v) is 24.5. The number of ketones is 1. The summed E-state index contributed by atoms with van der Waals surface area (Å²) in [6.07, 6.45) is 5.34. The number of piperidine rings is 1. The van der Waals surface area contributed by atoms with Crippen molar-refractivity contribution in [1.29, 1.82) is 0 Å². The van der Waals surface area contributed by atoms with Gasteiger partial charge in [-0.15, -0.1) is 11.3 Å². The number of Topliss-reactive ketones (excluding diaryl/α,β-unsaturated/α-hetero) is 1. The van der Waals surface area contributed by atoms with E-state index in [1.165, 1.54) is 23.6 Å². The number of hydrogen-bond acceptors (Lipinski definition) is 8. The van der Waals surface area contributed by atoms with Gasteiger partial charge >= 0.3 is 5.97 Å². The fourth-order valence-electron chi connectivity index (χ4n) is 5.08. The lowest BCUT2D eigenvalue weighted by molar-refractivity contribution is -0.142. The second-order valence-electron chi connectivity index (χ2n) is 10.9. The smallest absolute Gasteiger partial charge is 0.306 e. The Labute approximate surface area is 239 Å². The van der Waals surface area contributed by atoms with E-state index >= 15 is 0 Å². The Morgan fingerprint density at radius 3 is 2.55 bits per heavy atom. The van der Waals surface area contributed by atoms with Crippen molar-refractivity contribution in [2.45, 2.75) is 59.9 Å². The van der Waals surface area contributed by atoms with Crippen LogP contribution < -0.4 is 4.90 Å². The molecule has 0 atom stereocenters. The monoisotopic (exact) mass is 567 g/mol. The number of halogens is 1. The number of rotatable bonds is 12.